The molecule has 1 amide bonds. The van der Waals surface area contributed by atoms with Crippen molar-refractivity contribution < 1.29 is 9.28 Å². The molecule has 1 aliphatic heterocycles. The molecule has 0 spiro atoms. The highest BCUT2D eigenvalue weighted by atomic mass is 19.2. The summed E-state index contributed by atoms with van der Waals surface area (Å²) in [6, 6.07) is 24.1. The molecular formula is C26H27FN4O. The van der Waals surface area contributed by atoms with Crippen molar-refractivity contribution >= 4 is 33.4 Å². The standard InChI is InChI=1S/C26H27FN4O/c1-2-31-23-11-7-6-10-21(23)22-16-20(12-13-24(22)31)28-26(32)18-29-14-15-30(27)17-25(29)19-8-4-3-5-9-19/h3-13,16,25H,2,14-15,17-18H2,1H3,(H,28,32). The van der Waals surface area contributed by atoms with E-state index in [1.807, 2.05) is 42.5 Å². The molecule has 1 atom stereocenters. The summed E-state index contributed by atoms with van der Waals surface area (Å²) in [5.74, 6) is -0.0863. The fourth-order valence-electron chi connectivity index (χ4n) is 4.82. The Hall–Kier alpha value is -3.22. The molecule has 4 aromatic rings. The molecule has 164 valence electrons. The maximum atomic E-state index is 14.0. The Morgan fingerprint density at radius 2 is 1.72 bits per heavy atom. The van der Waals surface area contributed by atoms with Gasteiger partial charge in [0.05, 0.1) is 12.6 Å². The van der Waals surface area contributed by atoms with Crippen LogP contribution in [0.15, 0.2) is 72.8 Å². The maximum Gasteiger partial charge on any atom is 0.238 e. The third-order valence-corrected chi connectivity index (χ3v) is 6.35. The largest absolute Gasteiger partial charge is 0.341 e. The highest BCUT2D eigenvalue weighted by molar-refractivity contribution is 6.09. The van der Waals surface area contributed by atoms with Crippen molar-refractivity contribution in [3.8, 4) is 0 Å². The van der Waals surface area contributed by atoms with E-state index in [4.69, 9.17) is 0 Å². The van der Waals surface area contributed by atoms with E-state index in [1.54, 1.807) is 0 Å². The first kappa shape index (κ1) is 20.7. The van der Waals surface area contributed by atoms with E-state index in [-0.39, 0.29) is 25.0 Å². The van der Waals surface area contributed by atoms with Gasteiger partial charge in [-0.05, 0) is 36.8 Å². The van der Waals surface area contributed by atoms with E-state index in [0.29, 0.717) is 13.1 Å². The topological polar surface area (TPSA) is 40.5 Å². The number of aryl methyl sites for hydroxylation is 1. The fraction of sp³-hybridized carbons (Fsp3) is 0.269. The Kier molecular flexibility index (Phi) is 5.64. The van der Waals surface area contributed by atoms with Crippen LogP contribution in [0.2, 0.25) is 0 Å². The zero-order valence-electron chi connectivity index (χ0n) is 18.2. The number of rotatable bonds is 5. The number of carbonyl (C=O) groups excluding carboxylic acids is 1. The molecule has 1 N–H and O–H groups in total. The number of anilines is 1. The number of nitrogens with zero attached hydrogens (tertiary/aromatic N) is 3. The number of halogens is 1. The molecule has 2 heterocycles. The van der Waals surface area contributed by atoms with Crippen molar-refractivity contribution in [2.24, 2.45) is 0 Å². The molecule has 1 aliphatic rings. The van der Waals surface area contributed by atoms with Crippen molar-refractivity contribution in [1.82, 2.24) is 14.6 Å². The summed E-state index contributed by atoms with van der Waals surface area (Å²) in [5.41, 5.74) is 4.16. The maximum absolute atomic E-state index is 14.0. The lowest BCUT2D eigenvalue weighted by Crippen LogP contribution is -2.48. The van der Waals surface area contributed by atoms with E-state index in [9.17, 15) is 9.28 Å². The molecule has 5 nitrogen and oxygen atoms in total. The number of amides is 1. The Balaban J connectivity index is 1.37. The average Bonchev–Trinajstić information content (AvgIpc) is 3.14. The van der Waals surface area contributed by atoms with Crippen LogP contribution in [-0.4, -0.2) is 46.7 Å². The summed E-state index contributed by atoms with van der Waals surface area (Å²) in [7, 11) is 0. The van der Waals surface area contributed by atoms with Gasteiger partial charge in [-0.1, -0.05) is 48.5 Å². The molecule has 1 fully saturated rings. The smallest absolute Gasteiger partial charge is 0.238 e. The van der Waals surface area contributed by atoms with E-state index in [1.165, 1.54) is 10.9 Å². The Bertz CT molecular complexity index is 1250. The van der Waals surface area contributed by atoms with E-state index >= 15 is 0 Å². The second kappa shape index (κ2) is 8.73. The van der Waals surface area contributed by atoms with Crippen LogP contribution in [-0.2, 0) is 11.3 Å². The Labute approximate surface area is 187 Å². The van der Waals surface area contributed by atoms with Crippen LogP contribution in [0.4, 0.5) is 10.2 Å². The van der Waals surface area contributed by atoms with Gasteiger partial charge in [-0.3, -0.25) is 9.69 Å². The molecule has 3 aromatic carbocycles. The lowest BCUT2D eigenvalue weighted by molar-refractivity contribution is -0.120. The molecule has 0 aliphatic carbocycles. The number of para-hydroxylation sites is 1. The number of carbonyl (C=O) groups is 1. The minimum atomic E-state index is -0.147. The summed E-state index contributed by atoms with van der Waals surface area (Å²) in [5, 5.41) is 6.21. The summed E-state index contributed by atoms with van der Waals surface area (Å²) < 4.78 is 16.3. The molecule has 1 saturated heterocycles. The number of piperazine rings is 1. The molecule has 5 rings (SSSR count). The van der Waals surface area contributed by atoms with Gasteiger partial charge in [-0.2, -0.15) is 0 Å². The molecule has 0 saturated carbocycles. The van der Waals surface area contributed by atoms with Gasteiger partial charge in [0, 0.05) is 53.7 Å². The predicted octanol–water partition coefficient (Wildman–Crippen LogP) is 5.00. The number of aromatic nitrogens is 1. The van der Waals surface area contributed by atoms with Gasteiger partial charge < -0.3 is 9.88 Å². The average molecular weight is 431 g/mol. The molecule has 0 radical (unpaired) electrons. The highest BCUT2D eigenvalue weighted by Crippen LogP contribution is 2.31. The van der Waals surface area contributed by atoms with Gasteiger partial charge in [0.2, 0.25) is 5.91 Å². The first-order valence-electron chi connectivity index (χ1n) is 11.1. The van der Waals surface area contributed by atoms with Crippen molar-refractivity contribution in [2.75, 3.05) is 31.5 Å². The van der Waals surface area contributed by atoms with Crippen molar-refractivity contribution in [2.45, 2.75) is 19.5 Å². The van der Waals surface area contributed by atoms with Crippen LogP contribution in [0.3, 0.4) is 0 Å². The highest BCUT2D eigenvalue weighted by Gasteiger charge is 2.29. The Morgan fingerprint density at radius 3 is 2.53 bits per heavy atom. The normalized spacial score (nSPS) is 17.8. The quantitative estimate of drug-likeness (QED) is 0.453. The first-order chi connectivity index (χ1) is 15.6. The fourth-order valence-corrected chi connectivity index (χ4v) is 4.82. The molecule has 0 bridgehead atoms. The number of fused-ring (bicyclic) bond motifs is 3. The molecular weight excluding hydrogens is 403 g/mol. The van der Waals surface area contributed by atoms with Crippen LogP contribution in [0.5, 0.6) is 0 Å². The second-order valence-electron chi connectivity index (χ2n) is 8.31. The molecule has 32 heavy (non-hydrogen) atoms. The third kappa shape index (κ3) is 3.87. The van der Waals surface area contributed by atoms with E-state index in [0.717, 1.165) is 33.8 Å². The predicted molar refractivity (Wildman–Crippen MR) is 127 cm³/mol. The van der Waals surface area contributed by atoms with Gasteiger partial charge in [-0.25, -0.2) is 0 Å². The van der Waals surface area contributed by atoms with Crippen LogP contribution >= 0.6 is 0 Å². The molecule has 1 unspecified atom stereocenters. The van der Waals surface area contributed by atoms with Crippen LogP contribution in [0.25, 0.3) is 21.8 Å². The first-order valence-corrected chi connectivity index (χ1v) is 11.1. The van der Waals surface area contributed by atoms with Crippen molar-refractivity contribution in [3.05, 3.63) is 78.4 Å². The van der Waals surface area contributed by atoms with Gasteiger partial charge in [-0.15, -0.1) is 9.60 Å². The van der Waals surface area contributed by atoms with Gasteiger partial charge in [0.15, 0.2) is 0 Å². The lowest BCUT2D eigenvalue weighted by atomic mass is 10.0. The summed E-state index contributed by atoms with van der Waals surface area (Å²) in [6.07, 6.45) is 0. The monoisotopic (exact) mass is 430 g/mol. The van der Waals surface area contributed by atoms with Gasteiger partial charge in [0.25, 0.3) is 0 Å². The van der Waals surface area contributed by atoms with Crippen LogP contribution in [0.1, 0.15) is 18.5 Å². The van der Waals surface area contributed by atoms with Gasteiger partial charge >= 0.3 is 0 Å². The van der Waals surface area contributed by atoms with Crippen LogP contribution in [0, 0.1) is 0 Å². The lowest BCUT2D eigenvalue weighted by Gasteiger charge is -2.37. The van der Waals surface area contributed by atoms with E-state index in [2.05, 4.69) is 52.0 Å². The number of hydrogen-bond donors (Lipinski definition) is 1. The Morgan fingerprint density at radius 1 is 0.969 bits per heavy atom. The van der Waals surface area contributed by atoms with Crippen molar-refractivity contribution in [3.63, 3.8) is 0 Å². The minimum Gasteiger partial charge on any atom is -0.341 e. The SMILES string of the molecule is CCn1c2ccccc2c2cc(NC(=O)CN3CCN(F)CC3c3ccccc3)ccc21. The zero-order chi connectivity index (χ0) is 22.1. The van der Waals surface area contributed by atoms with Crippen molar-refractivity contribution in [1.29, 1.82) is 0 Å². The van der Waals surface area contributed by atoms with Crippen LogP contribution < -0.4 is 5.32 Å². The summed E-state index contributed by atoms with van der Waals surface area (Å²) in [6.45, 7) is 4.33. The summed E-state index contributed by atoms with van der Waals surface area (Å²) in [4.78, 5) is 15.0. The third-order valence-electron chi connectivity index (χ3n) is 6.35. The number of benzene rings is 3. The zero-order valence-corrected chi connectivity index (χ0v) is 18.2. The summed E-state index contributed by atoms with van der Waals surface area (Å²) >= 11 is 0. The number of nitrogens with one attached hydrogen (secondary N) is 1. The number of hydrogen-bond acceptors (Lipinski definition) is 3. The molecule has 6 heteroatoms. The second-order valence-corrected chi connectivity index (χ2v) is 8.31. The van der Waals surface area contributed by atoms with Gasteiger partial charge in [0.1, 0.15) is 0 Å². The molecule has 1 aromatic heterocycles. The van der Waals surface area contributed by atoms with E-state index < -0.39 is 0 Å². The minimum absolute atomic E-state index is 0.0863.